The van der Waals surface area contributed by atoms with Gasteiger partial charge in [0.05, 0.1) is 5.69 Å². The number of pyridine rings is 1. The summed E-state index contributed by atoms with van der Waals surface area (Å²) >= 11 is 1.56. The van der Waals surface area contributed by atoms with Crippen molar-refractivity contribution >= 4 is 17.1 Å². The van der Waals surface area contributed by atoms with E-state index in [4.69, 9.17) is 0 Å². The van der Waals surface area contributed by atoms with E-state index in [1.165, 1.54) is 0 Å². The maximum Gasteiger partial charge on any atom is 0.165 e. The standard InChI is InChI=1S/C18H17N3OS/c1-18(2)8-12-14(13(22)9-18)15(17-20-6-7-23-17)16(21-12)11-4-3-5-19-10-11/h3-7,10,21H,8-9H2,1-2H3. The number of nitrogens with one attached hydrogen (secondary N) is 1. The van der Waals surface area contributed by atoms with Gasteiger partial charge >= 0.3 is 0 Å². The molecule has 0 amide bonds. The quantitative estimate of drug-likeness (QED) is 0.762. The molecule has 1 N–H and O–H groups in total. The molecule has 0 radical (unpaired) electrons. The zero-order chi connectivity index (χ0) is 16.0. The maximum absolute atomic E-state index is 12.8. The van der Waals surface area contributed by atoms with Crippen molar-refractivity contribution in [3.05, 3.63) is 47.4 Å². The number of H-pyrrole nitrogens is 1. The third-order valence-corrected chi connectivity index (χ3v) is 5.04. The molecule has 3 aromatic heterocycles. The summed E-state index contributed by atoms with van der Waals surface area (Å²) in [7, 11) is 0. The molecule has 4 nitrogen and oxygen atoms in total. The first-order chi connectivity index (χ1) is 11.1. The normalized spacial score (nSPS) is 16.3. The number of Topliss-reactive ketones (excluding diaryl/α,β-unsaturated/α-hetero) is 1. The maximum atomic E-state index is 12.8. The van der Waals surface area contributed by atoms with E-state index in [9.17, 15) is 4.79 Å². The lowest BCUT2D eigenvalue weighted by atomic mass is 9.75. The van der Waals surface area contributed by atoms with Crippen LogP contribution in [-0.2, 0) is 6.42 Å². The van der Waals surface area contributed by atoms with Gasteiger partial charge in [0.2, 0.25) is 0 Å². The largest absolute Gasteiger partial charge is 0.357 e. The van der Waals surface area contributed by atoms with Crippen LogP contribution in [0.2, 0.25) is 0 Å². The molecule has 1 aliphatic carbocycles. The van der Waals surface area contributed by atoms with E-state index in [1.54, 1.807) is 23.7 Å². The number of hydrogen-bond donors (Lipinski definition) is 1. The van der Waals surface area contributed by atoms with Gasteiger partial charge in [0.15, 0.2) is 5.78 Å². The van der Waals surface area contributed by atoms with Gasteiger partial charge in [-0.25, -0.2) is 4.98 Å². The second-order valence-electron chi connectivity index (χ2n) is 6.75. The van der Waals surface area contributed by atoms with Crippen LogP contribution in [0.5, 0.6) is 0 Å². The second-order valence-corrected chi connectivity index (χ2v) is 7.64. The van der Waals surface area contributed by atoms with Gasteiger partial charge in [0.1, 0.15) is 5.01 Å². The molecular formula is C18H17N3OS. The fraction of sp³-hybridized carbons (Fsp3) is 0.278. The van der Waals surface area contributed by atoms with Crippen LogP contribution in [0.15, 0.2) is 36.1 Å². The lowest BCUT2D eigenvalue weighted by molar-refractivity contribution is 0.0912. The summed E-state index contributed by atoms with van der Waals surface area (Å²) in [5.74, 6) is 0.202. The number of carbonyl (C=O) groups excluding carboxylic acids is 1. The highest BCUT2D eigenvalue weighted by Gasteiger charge is 2.36. The van der Waals surface area contributed by atoms with Crippen molar-refractivity contribution < 1.29 is 4.79 Å². The molecule has 0 aromatic carbocycles. The predicted octanol–water partition coefficient (Wildman–Crippen LogP) is 4.36. The van der Waals surface area contributed by atoms with Crippen molar-refractivity contribution in [2.75, 3.05) is 0 Å². The van der Waals surface area contributed by atoms with Gasteiger partial charge in [-0.2, -0.15) is 0 Å². The third-order valence-electron chi connectivity index (χ3n) is 4.25. The molecule has 0 bridgehead atoms. The molecule has 0 saturated carbocycles. The molecule has 0 saturated heterocycles. The highest BCUT2D eigenvalue weighted by atomic mass is 32.1. The molecule has 0 spiro atoms. The van der Waals surface area contributed by atoms with Crippen LogP contribution in [0.25, 0.3) is 21.8 Å². The topological polar surface area (TPSA) is 58.6 Å². The van der Waals surface area contributed by atoms with Crippen molar-refractivity contribution in [3.8, 4) is 21.8 Å². The zero-order valence-corrected chi connectivity index (χ0v) is 13.9. The Morgan fingerprint density at radius 3 is 2.78 bits per heavy atom. The van der Waals surface area contributed by atoms with Gasteiger partial charge in [0, 0.05) is 52.8 Å². The van der Waals surface area contributed by atoms with Crippen LogP contribution in [0.4, 0.5) is 0 Å². The highest BCUT2D eigenvalue weighted by Crippen LogP contribution is 2.44. The average molecular weight is 323 g/mol. The number of thiazole rings is 1. The smallest absolute Gasteiger partial charge is 0.165 e. The van der Waals surface area contributed by atoms with E-state index in [2.05, 4.69) is 28.8 Å². The van der Waals surface area contributed by atoms with Crippen LogP contribution in [0, 0.1) is 5.41 Å². The molecule has 3 aromatic rings. The van der Waals surface area contributed by atoms with Crippen LogP contribution in [0.3, 0.4) is 0 Å². The summed E-state index contributed by atoms with van der Waals surface area (Å²) < 4.78 is 0. The van der Waals surface area contributed by atoms with E-state index >= 15 is 0 Å². The SMILES string of the molecule is CC1(C)CC(=O)c2c([nH]c(-c3cccnc3)c2-c2nccs2)C1. The van der Waals surface area contributed by atoms with Crippen molar-refractivity contribution in [3.63, 3.8) is 0 Å². The van der Waals surface area contributed by atoms with Gasteiger partial charge in [-0.05, 0) is 24.0 Å². The first kappa shape index (κ1) is 14.3. The summed E-state index contributed by atoms with van der Waals surface area (Å²) in [6.07, 6.45) is 6.80. The molecule has 23 heavy (non-hydrogen) atoms. The Bertz CT molecular complexity index is 863. The Morgan fingerprint density at radius 1 is 1.22 bits per heavy atom. The number of nitrogens with zero attached hydrogens (tertiary/aromatic N) is 2. The van der Waals surface area contributed by atoms with Crippen molar-refractivity contribution in [2.45, 2.75) is 26.7 Å². The number of fused-ring (bicyclic) bond motifs is 1. The summed E-state index contributed by atoms with van der Waals surface area (Å²) in [6, 6.07) is 3.92. The molecule has 1 aliphatic rings. The number of hydrogen-bond acceptors (Lipinski definition) is 4. The van der Waals surface area contributed by atoms with Crippen LogP contribution >= 0.6 is 11.3 Å². The molecular weight excluding hydrogens is 306 g/mol. The number of aromatic amines is 1. The fourth-order valence-electron chi connectivity index (χ4n) is 3.34. The van der Waals surface area contributed by atoms with Crippen LogP contribution in [0.1, 0.15) is 36.3 Å². The van der Waals surface area contributed by atoms with Gasteiger partial charge in [-0.15, -0.1) is 11.3 Å². The first-order valence-electron chi connectivity index (χ1n) is 7.63. The van der Waals surface area contributed by atoms with Crippen molar-refractivity contribution in [1.29, 1.82) is 0 Å². The monoisotopic (exact) mass is 323 g/mol. The molecule has 116 valence electrons. The Balaban J connectivity index is 1.99. The average Bonchev–Trinajstić information content (AvgIpc) is 3.13. The Morgan fingerprint density at radius 2 is 2.09 bits per heavy atom. The number of rotatable bonds is 2. The van der Waals surface area contributed by atoms with Crippen LogP contribution in [-0.4, -0.2) is 20.7 Å². The highest BCUT2D eigenvalue weighted by molar-refractivity contribution is 7.13. The van der Waals surface area contributed by atoms with Crippen molar-refractivity contribution in [1.82, 2.24) is 15.0 Å². The summed E-state index contributed by atoms with van der Waals surface area (Å²) in [6.45, 7) is 4.28. The Kier molecular flexibility index (Phi) is 3.20. The van der Waals surface area contributed by atoms with Gasteiger partial charge in [-0.1, -0.05) is 13.8 Å². The molecule has 0 atom stereocenters. The van der Waals surface area contributed by atoms with Gasteiger partial charge < -0.3 is 4.98 Å². The van der Waals surface area contributed by atoms with E-state index < -0.39 is 0 Å². The number of ketones is 1. The Hall–Kier alpha value is -2.27. The van der Waals surface area contributed by atoms with E-state index in [-0.39, 0.29) is 11.2 Å². The molecule has 0 unspecified atom stereocenters. The zero-order valence-electron chi connectivity index (χ0n) is 13.1. The summed E-state index contributed by atoms with van der Waals surface area (Å²) in [5, 5.41) is 2.83. The van der Waals surface area contributed by atoms with Crippen LogP contribution < -0.4 is 0 Å². The van der Waals surface area contributed by atoms with E-state index in [0.717, 1.165) is 39.5 Å². The van der Waals surface area contributed by atoms with E-state index in [1.807, 2.05) is 23.7 Å². The first-order valence-corrected chi connectivity index (χ1v) is 8.51. The second kappa shape index (κ2) is 5.13. The molecule has 3 heterocycles. The summed E-state index contributed by atoms with van der Waals surface area (Å²) in [4.78, 5) is 25.0. The fourth-order valence-corrected chi connectivity index (χ4v) is 4.04. The number of carbonyl (C=O) groups is 1. The minimum Gasteiger partial charge on any atom is -0.357 e. The third kappa shape index (κ3) is 2.41. The molecule has 0 aliphatic heterocycles. The lowest BCUT2D eigenvalue weighted by Crippen LogP contribution is -2.26. The molecule has 5 heteroatoms. The lowest BCUT2D eigenvalue weighted by Gasteiger charge is -2.28. The predicted molar refractivity (Wildman–Crippen MR) is 91.6 cm³/mol. The minimum absolute atomic E-state index is 0.0126. The van der Waals surface area contributed by atoms with Crippen molar-refractivity contribution in [2.24, 2.45) is 5.41 Å². The van der Waals surface area contributed by atoms with Gasteiger partial charge in [0.25, 0.3) is 0 Å². The minimum atomic E-state index is -0.0126. The molecule has 4 rings (SSSR count). The van der Waals surface area contributed by atoms with E-state index in [0.29, 0.717) is 6.42 Å². The molecule has 0 fully saturated rings. The number of aromatic nitrogens is 3. The van der Waals surface area contributed by atoms with Gasteiger partial charge in [-0.3, -0.25) is 9.78 Å². The Labute approximate surface area is 138 Å². The summed E-state index contributed by atoms with van der Waals surface area (Å²) in [5.41, 5.74) is 4.69.